The van der Waals surface area contributed by atoms with Crippen LogP contribution in [0.5, 0.6) is 0 Å². The molecule has 7 nitrogen and oxygen atoms in total. The van der Waals surface area contributed by atoms with Crippen LogP contribution >= 0.6 is 11.3 Å². The summed E-state index contributed by atoms with van der Waals surface area (Å²) in [5.41, 5.74) is 1.81. The Kier molecular flexibility index (Phi) is 6.50. The molecule has 9 heteroatoms. The first-order valence-corrected chi connectivity index (χ1v) is 12.3. The zero-order valence-electron chi connectivity index (χ0n) is 18.8. The third kappa shape index (κ3) is 5.35. The minimum Gasteiger partial charge on any atom is -0.438 e. The summed E-state index contributed by atoms with van der Waals surface area (Å²) < 4.78 is 19.1. The van der Waals surface area contributed by atoms with Crippen molar-refractivity contribution in [1.29, 1.82) is 0 Å². The first-order chi connectivity index (χ1) is 17.0. The van der Waals surface area contributed by atoms with Gasteiger partial charge in [-0.1, -0.05) is 30.3 Å². The third-order valence-electron chi connectivity index (χ3n) is 6.10. The summed E-state index contributed by atoms with van der Waals surface area (Å²) in [6.45, 7) is 0.656. The quantitative estimate of drug-likeness (QED) is 0.475. The van der Waals surface area contributed by atoms with Gasteiger partial charge in [-0.05, 0) is 65.6 Å². The average Bonchev–Trinajstić information content (AvgIpc) is 3.40. The maximum Gasteiger partial charge on any atom is 0.411 e. The van der Waals surface area contributed by atoms with E-state index in [0.29, 0.717) is 34.2 Å². The predicted molar refractivity (Wildman–Crippen MR) is 129 cm³/mol. The van der Waals surface area contributed by atoms with Crippen molar-refractivity contribution in [2.45, 2.75) is 31.5 Å². The van der Waals surface area contributed by atoms with Crippen LogP contribution in [-0.4, -0.2) is 35.4 Å². The molecule has 2 aromatic carbocycles. The van der Waals surface area contributed by atoms with Crippen LogP contribution < -0.4 is 10.6 Å². The highest BCUT2D eigenvalue weighted by Gasteiger charge is 2.47. The van der Waals surface area contributed by atoms with Gasteiger partial charge in [-0.3, -0.25) is 14.5 Å². The lowest BCUT2D eigenvalue weighted by Gasteiger charge is -2.24. The SMILES string of the molecule is O=C(Nc1cccc(C2OC(=O)N(Cc3ccc(F)cc3)C2C(=O)NCC2CC2)c1)c1cccs1. The first kappa shape index (κ1) is 23.0. The Bertz CT molecular complexity index is 1230. The Morgan fingerprint density at radius 1 is 1.09 bits per heavy atom. The molecule has 2 unspecified atom stereocenters. The lowest BCUT2D eigenvalue weighted by Crippen LogP contribution is -2.46. The van der Waals surface area contributed by atoms with E-state index in [1.165, 1.54) is 28.4 Å². The Labute approximate surface area is 205 Å². The molecule has 2 heterocycles. The highest BCUT2D eigenvalue weighted by atomic mass is 32.1. The molecule has 1 saturated carbocycles. The summed E-state index contributed by atoms with van der Waals surface area (Å²) >= 11 is 1.33. The zero-order chi connectivity index (χ0) is 24.4. The van der Waals surface area contributed by atoms with E-state index in [0.717, 1.165) is 12.8 Å². The number of anilines is 1. The van der Waals surface area contributed by atoms with E-state index in [1.54, 1.807) is 48.5 Å². The molecule has 1 saturated heterocycles. The number of carbonyl (C=O) groups excluding carboxylic acids is 3. The Hall–Kier alpha value is -3.72. The topological polar surface area (TPSA) is 87.7 Å². The van der Waals surface area contributed by atoms with Crippen LogP contribution in [0.25, 0.3) is 0 Å². The van der Waals surface area contributed by atoms with Gasteiger partial charge in [-0.25, -0.2) is 9.18 Å². The van der Waals surface area contributed by atoms with Crippen molar-refractivity contribution in [3.63, 3.8) is 0 Å². The van der Waals surface area contributed by atoms with Crippen molar-refractivity contribution in [3.8, 4) is 0 Å². The fourth-order valence-corrected chi connectivity index (χ4v) is 4.68. The highest BCUT2D eigenvalue weighted by Crippen LogP contribution is 2.35. The van der Waals surface area contributed by atoms with Gasteiger partial charge in [0.2, 0.25) is 5.91 Å². The summed E-state index contributed by atoms with van der Waals surface area (Å²) in [5.74, 6) is -0.451. The van der Waals surface area contributed by atoms with E-state index < -0.39 is 18.2 Å². The molecule has 0 radical (unpaired) electrons. The maximum atomic E-state index is 13.4. The van der Waals surface area contributed by atoms with Crippen molar-refractivity contribution in [2.75, 3.05) is 11.9 Å². The largest absolute Gasteiger partial charge is 0.438 e. The predicted octanol–water partition coefficient (Wildman–Crippen LogP) is 4.73. The fraction of sp³-hybridized carbons (Fsp3) is 0.269. The van der Waals surface area contributed by atoms with Crippen molar-refractivity contribution < 1.29 is 23.5 Å². The molecule has 1 aromatic heterocycles. The van der Waals surface area contributed by atoms with E-state index in [9.17, 15) is 18.8 Å². The second-order valence-corrected chi connectivity index (χ2v) is 9.70. The highest BCUT2D eigenvalue weighted by molar-refractivity contribution is 7.12. The van der Waals surface area contributed by atoms with Crippen molar-refractivity contribution >= 4 is 34.9 Å². The molecule has 3 aromatic rings. The Morgan fingerprint density at radius 3 is 2.60 bits per heavy atom. The number of hydrogen-bond donors (Lipinski definition) is 2. The van der Waals surface area contributed by atoms with Gasteiger partial charge in [0.25, 0.3) is 5.91 Å². The monoisotopic (exact) mass is 493 g/mol. The number of carbonyl (C=O) groups is 3. The van der Waals surface area contributed by atoms with Gasteiger partial charge in [0, 0.05) is 12.2 Å². The van der Waals surface area contributed by atoms with E-state index in [1.807, 2.05) is 5.38 Å². The number of cyclic esters (lactones) is 1. The lowest BCUT2D eigenvalue weighted by atomic mass is 10.00. The van der Waals surface area contributed by atoms with Crippen LogP contribution in [0, 0.1) is 11.7 Å². The summed E-state index contributed by atoms with van der Waals surface area (Å²) in [7, 11) is 0. The van der Waals surface area contributed by atoms with Crippen LogP contribution in [0.15, 0.2) is 66.0 Å². The van der Waals surface area contributed by atoms with E-state index >= 15 is 0 Å². The molecule has 2 N–H and O–H groups in total. The normalized spacial score (nSPS) is 19.3. The third-order valence-corrected chi connectivity index (χ3v) is 6.97. The number of halogens is 1. The standard InChI is InChI=1S/C26H24FN3O4S/c27-19-10-8-17(9-11-19)15-30-22(25(32)28-14-16-6-7-16)23(34-26(30)33)18-3-1-4-20(13-18)29-24(31)21-5-2-12-35-21/h1-5,8-13,16,22-23H,6-7,14-15H2,(H,28,32)(H,29,31). The summed E-state index contributed by atoms with van der Waals surface area (Å²) in [6.07, 6.45) is 0.670. The van der Waals surface area contributed by atoms with Crippen LogP contribution in [0.2, 0.25) is 0 Å². The molecule has 0 bridgehead atoms. The van der Waals surface area contributed by atoms with Crippen molar-refractivity contribution in [1.82, 2.24) is 10.2 Å². The molecule has 180 valence electrons. The lowest BCUT2D eigenvalue weighted by molar-refractivity contribution is -0.126. The van der Waals surface area contributed by atoms with Crippen molar-refractivity contribution in [2.24, 2.45) is 5.92 Å². The number of thiophene rings is 1. The molecule has 5 rings (SSSR count). The van der Waals surface area contributed by atoms with E-state index in [2.05, 4.69) is 10.6 Å². The molecule has 2 atom stereocenters. The number of ether oxygens (including phenoxy) is 1. The minimum absolute atomic E-state index is 0.103. The molecular formula is C26H24FN3O4S. The smallest absolute Gasteiger partial charge is 0.411 e. The van der Waals surface area contributed by atoms with Crippen LogP contribution in [-0.2, 0) is 16.1 Å². The number of hydrogen-bond acceptors (Lipinski definition) is 5. The van der Waals surface area contributed by atoms with Gasteiger partial charge in [0.1, 0.15) is 5.82 Å². The molecule has 2 aliphatic rings. The summed E-state index contributed by atoms with van der Waals surface area (Å²) in [6, 6.07) is 15.4. The van der Waals surface area contributed by atoms with Gasteiger partial charge in [0.05, 0.1) is 11.4 Å². The van der Waals surface area contributed by atoms with Gasteiger partial charge in [-0.2, -0.15) is 0 Å². The number of rotatable bonds is 8. The zero-order valence-corrected chi connectivity index (χ0v) is 19.6. The Morgan fingerprint density at radius 2 is 1.89 bits per heavy atom. The molecule has 0 spiro atoms. The molecular weight excluding hydrogens is 469 g/mol. The van der Waals surface area contributed by atoms with Crippen LogP contribution in [0.1, 0.15) is 39.7 Å². The summed E-state index contributed by atoms with van der Waals surface area (Å²) in [5, 5.41) is 7.63. The Balaban J connectivity index is 1.39. The van der Waals surface area contributed by atoms with Gasteiger partial charge in [-0.15, -0.1) is 11.3 Å². The number of nitrogens with zero attached hydrogens (tertiary/aromatic N) is 1. The first-order valence-electron chi connectivity index (χ1n) is 11.4. The number of amides is 3. The average molecular weight is 494 g/mol. The number of nitrogens with one attached hydrogen (secondary N) is 2. The van der Waals surface area contributed by atoms with Gasteiger partial charge in [0.15, 0.2) is 12.1 Å². The molecule has 1 aliphatic carbocycles. The fourth-order valence-electron chi connectivity index (χ4n) is 4.06. The van der Waals surface area contributed by atoms with Crippen LogP contribution in [0.4, 0.5) is 14.9 Å². The molecule has 3 amide bonds. The second kappa shape index (κ2) is 9.87. The van der Waals surface area contributed by atoms with Gasteiger partial charge >= 0.3 is 6.09 Å². The number of benzene rings is 2. The van der Waals surface area contributed by atoms with E-state index in [-0.39, 0.29) is 24.2 Å². The second-order valence-electron chi connectivity index (χ2n) is 8.75. The van der Waals surface area contributed by atoms with Crippen LogP contribution in [0.3, 0.4) is 0 Å². The maximum absolute atomic E-state index is 13.4. The molecule has 1 aliphatic heterocycles. The minimum atomic E-state index is -0.908. The van der Waals surface area contributed by atoms with Crippen molar-refractivity contribution in [3.05, 3.63) is 87.9 Å². The molecule has 35 heavy (non-hydrogen) atoms. The van der Waals surface area contributed by atoms with Gasteiger partial charge < -0.3 is 15.4 Å². The molecule has 2 fully saturated rings. The van der Waals surface area contributed by atoms with E-state index in [4.69, 9.17) is 4.74 Å². The summed E-state index contributed by atoms with van der Waals surface area (Å²) in [4.78, 5) is 40.6.